The molecule has 0 spiro atoms. The number of amides is 1. The van der Waals surface area contributed by atoms with Gasteiger partial charge >= 0.3 is 0 Å². The first-order chi connectivity index (χ1) is 15.3. The van der Waals surface area contributed by atoms with Crippen molar-refractivity contribution in [2.45, 2.75) is 4.90 Å². The van der Waals surface area contributed by atoms with Crippen LogP contribution in [0.15, 0.2) is 82.8 Å². The molecule has 0 unspecified atom stereocenters. The average molecular weight is 492 g/mol. The van der Waals surface area contributed by atoms with Gasteiger partial charge in [-0.25, -0.2) is 13.8 Å². The lowest BCUT2D eigenvalue weighted by molar-refractivity contribution is -0.119. The van der Waals surface area contributed by atoms with Crippen molar-refractivity contribution in [2.24, 2.45) is 5.10 Å². The van der Waals surface area contributed by atoms with Crippen molar-refractivity contribution in [3.8, 4) is 5.75 Å². The zero-order valence-corrected chi connectivity index (χ0v) is 19.2. The lowest BCUT2D eigenvalue weighted by atomic mass is 10.2. The van der Waals surface area contributed by atoms with Gasteiger partial charge in [0.05, 0.1) is 34.0 Å². The Morgan fingerprint density at radius 1 is 1.03 bits per heavy atom. The molecule has 0 fully saturated rings. The molecule has 32 heavy (non-hydrogen) atoms. The first-order valence-electron chi connectivity index (χ1n) is 9.30. The van der Waals surface area contributed by atoms with Gasteiger partial charge < -0.3 is 4.74 Å². The van der Waals surface area contributed by atoms with Gasteiger partial charge in [-0.1, -0.05) is 59.6 Å². The molecule has 1 amide bonds. The van der Waals surface area contributed by atoms with Crippen LogP contribution in [0.25, 0.3) is 0 Å². The van der Waals surface area contributed by atoms with E-state index in [2.05, 4.69) is 10.5 Å². The van der Waals surface area contributed by atoms with Crippen LogP contribution in [-0.4, -0.2) is 34.2 Å². The van der Waals surface area contributed by atoms with Gasteiger partial charge in [-0.2, -0.15) is 5.10 Å². The Kier molecular flexibility index (Phi) is 7.74. The predicted octanol–water partition coefficient (Wildman–Crippen LogP) is 4.35. The van der Waals surface area contributed by atoms with Crippen molar-refractivity contribution in [2.75, 3.05) is 18.0 Å². The summed E-state index contributed by atoms with van der Waals surface area (Å²) in [5, 5.41) is 4.62. The summed E-state index contributed by atoms with van der Waals surface area (Å²) in [6, 6.07) is 19.2. The Labute approximate surface area is 196 Å². The van der Waals surface area contributed by atoms with E-state index in [0.29, 0.717) is 21.4 Å². The van der Waals surface area contributed by atoms with Gasteiger partial charge in [-0.15, -0.1) is 0 Å². The van der Waals surface area contributed by atoms with Crippen LogP contribution in [0.1, 0.15) is 5.56 Å². The quantitative estimate of drug-likeness (QED) is 0.374. The molecule has 0 saturated carbocycles. The molecular formula is C22H19Cl2N3O4S. The molecule has 3 aromatic rings. The summed E-state index contributed by atoms with van der Waals surface area (Å²) in [6.45, 7) is -0.518. The van der Waals surface area contributed by atoms with E-state index in [1.807, 2.05) is 0 Å². The fourth-order valence-electron chi connectivity index (χ4n) is 2.79. The first kappa shape index (κ1) is 23.6. The summed E-state index contributed by atoms with van der Waals surface area (Å²) < 4.78 is 32.9. The number of hydrazone groups is 1. The van der Waals surface area contributed by atoms with E-state index in [-0.39, 0.29) is 10.6 Å². The van der Waals surface area contributed by atoms with Crippen molar-refractivity contribution < 1.29 is 17.9 Å². The second-order valence-corrected chi connectivity index (χ2v) is 9.14. The molecule has 3 rings (SSSR count). The molecule has 1 N–H and O–H groups in total. The van der Waals surface area contributed by atoms with E-state index in [0.717, 1.165) is 4.31 Å². The first-order valence-corrected chi connectivity index (χ1v) is 11.5. The van der Waals surface area contributed by atoms with Crippen LogP contribution >= 0.6 is 23.2 Å². The third-order valence-electron chi connectivity index (χ3n) is 4.32. The zero-order valence-electron chi connectivity index (χ0n) is 16.9. The molecule has 7 nitrogen and oxygen atoms in total. The third kappa shape index (κ3) is 5.59. The smallest absolute Gasteiger partial charge is 0.264 e. The number of hydrogen-bond donors (Lipinski definition) is 1. The maximum absolute atomic E-state index is 13.3. The molecule has 0 bridgehead atoms. The van der Waals surface area contributed by atoms with Gasteiger partial charge in [0, 0.05) is 0 Å². The van der Waals surface area contributed by atoms with Gasteiger partial charge in [0.2, 0.25) is 0 Å². The maximum Gasteiger partial charge on any atom is 0.264 e. The predicted molar refractivity (Wildman–Crippen MR) is 126 cm³/mol. The molecule has 10 heteroatoms. The molecule has 0 saturated heterocycles. The SMILES string of the molecule is COc1ccccc1N(CC(=O)N/N=C/c1ccc(Cl)c(Cl)c1)S(=O)(=O)c1ccccc1. The molecule has 3 aromatic carbocycles. The van der Waals surface area contributed by atoms with Crippen LogP contribution < -0.4 is 14.5 Å². The highest BCUT2D eigenvalue weighted by molar-refractivity contribution is 7.92. The molecule has 0 atom stereocenters. The Balaban J connectivity index is 1.86. The molecule has 0 aliphatic carbocycles. The number of para-hydroxylation sites is 2. The lowest BCUT2D eigenvalue weighted by Crippen LogP contribution is -2.39. The standard InChI is InChI=1S/C22H19Cl2N3O4S/c1-31-21-10-6-5-9-20(21)27(32(29,30)17-7-3-2-4-8-17)15-22(28)26-25-14-16-11-12-18(23)19(24)13-16/h2-14H,15H2,1H3,(H,26,28)/b25-14+. The minimum atomic E-state index is -4.06. The second kappa shape index (κ2) is 10.5. The normalized spacial score (nSPS) is 11.3. The number of nitrogens with zero attached hydrogens (tertiary/aromatic N) is 2. The number of rotatable bonds is 8. The van der Waals surface area contributed by atoms with Crippen molar-refractivity contribution in [1.29, 1.82) is 0 Å². The van der Waals surface area contributed by atoms with Crippen LogP contribution in [0.5, 0.6) is 5.75 Å². The minimum absolute atomic E-state index is 0.0398. The Morgan fingerprint density at radius 3 is 2.41 bits per heavy atom. The van der Waals surface area contributed by atoms with Crippen LogP contribution in [-0.2, 0) is 14.8 Å². The Morgan fingerprint density at radius 2 is 1.72 bits per heavy atom. The van der Waals surface area contributed by atoms with E-state index >= 15 is 0 Å². The van der Waals surface area contributed by atoms with Crippen molar-refractivity contribution >= 4 is 51.0 Å². The van der Waals surface area contributed by atoms with Crippen LogP contribution in [0, 0.1) is 0 Å². The Hall–Kier alpha value is -3.07. The van der Waals surface area contributed by atoms with Crippen molar-refractivity contribution in [3.63, 3.8) is 0 Å². The summed E-state index contributed by atoms with van der Waals surface area (Å²) in [5.41, 5.74) is 3.17. The van der Waals surface area contributed by atoms with E-state index in [1.165, 1.54) is 25.5 Å². The van der Waals surface area contributed by atoms with Gasteiger partial charge in [-0.3, -0.25) is 9.10 Å². The molecule has 166 valence electrons. The molecule has 0 aliphatic rings. The van der Waals surface area contributed by atoms with Gasteiger partial charge in [0.1, 0.15) is 12.3 Å². The molecule has 0 heterocycles. The monoisotopic (exact) mass is 491 g/mol. The number of sulfonamides is 1. The van der Waals surface area contributed by atoms with Crippen molar-refractivity contribution in [1.82, 2.24) is 5.43 Å². The number of methoxy groups -OCH3 is 1. The fourth-order valence-corrected chi connectivity index (χ4v) is 4.55. The van der Waals surface area contributed by atoms with E-state index in [4.69, 9.17) is 27.9 Å². The number of anilines is 1. The maximum atomic E-state index is 13.3. The highest BCUT2D eigenvalue weighted by atomic mass is 35.5. The number of benzene rings is 3. The highest BCUT2D eigenvalue weighted by Crippen LogP contribution is 2.32. The van der Waals surface area contributed by atoms with E-state index < -0.39 is 22.5 Å². The zero-order chi connectivity index (χ0) is 23.1. The van der Waals surface area contributed by atoms with Crippen LogP contribution in [0.3, 0.4) is 0 Å². The number of halogens is 2. The fraction of sp³-hybridized carbons (Fsp3) is 0.0909. The average Bonchev–Trinajstić information content (AvgIpc) is 2.80. The summed E-state index contributed by atoms with van der Waals surface area (Å²) in [7, 11) is -2.64. The number of carbonyl (C=O) groups excluding carboxylic acids is 1. The van der Waals surface area contributed by atoms with Crippen LogP contribution in [0.2, 0.25) is 10.0 Å². The summed E-state index contributed by atoms with van der Waals surface area (Å²) in [5.74, 6) is -0.342. The summed E-state index contributed by atoms with van der Waals surface area (Å²) in [4.78, 5) is 12.6. The molecule has 0 aromatic heterocycles. The van der Waals surface area contributed by atoms with Crippen molar-refractivity contribution in [3.05, 3.63) is 88.4 Å². The number of ether oxygens (including phenoxy) is 1. The number of carbonyl (C=O) groups is 1. The topological polar surface area (TPSA) is 88.1 Å². The van der Waals surface area contributed by atoms with Crippen LogP contribution in [0.4, 0.5) is 5.69 Å². The van der Waals surface area contributed by atoms with E-state index in [1.54, 1.807) is 60.7 Å². The van der Waals surface area contributed by atoms with Gasteiger partial charge in [-0.05, 0) is 42.0 Å². The van der Waals surface area contributed by atoms with E-state index in [9.17, 15) is 13.2 Å². The highest BCUT2D eigenvalue weighted by Gasteiger charge is 2.29. The minimum Gasteiger partial charge on any atom is -0.495 e. The largest absolute Gasteiger partial charge is 0.495 e. The summed E-state index contributed by atoms with van der Waals surface area (Å²) in [6.07, 6.45) is 1.37. The molecule has 0 radical (unpaired) electrons. The Bertz CT molecular complexity index is 1230. The third-order valence-corrected chi connectivity index (χ3v) is 6.83. The summed E-state index contributed by atoms with van der Waals surface area (Å²) >= 11 is 11.8. The number of hydrogen-bond acceptors (Lipinski definition) is 5. The number of nitrogens with one attached hydrogen (secondary N) is 1. The van der Waals surface area contributed by atoms with Gasteiger partial charge in [0.15, 0.2) is 0 Å². The molecular weight excluding hydrogens is 473 g/mol. The molecule has 0 aliphatic heterocycles. The van der Waals surface area contributed by atoms with Gasteiger partial charge in [0.25, 0.3) is 15.9 Å². The second-order valence-electron chi connectivity index (χ2n) is 6.46. The lowest BCUT2D eigenvalue weighted by Gasteiger charge is -2.25.